The minimum Gasteiger partial charge on any atom is -0.403 e. The summed E-state index contributed by atoms with van der Waals surface area (Å²) >= 11 is 0. The van der Waals surface area contributed by atoms with E-state index in [1.807, 2.05) is 0 Å². The lowest BCUT2D eigenvalue weighted by Gasteiger charge is -2.09. The predicted octanol–water partition coefficient (Wildman–Crippen LogP) is 2.77. The van der Waals surface area contributed by atoms with Gasteiger partial charge in [0.1, 0.15) is 0 Å². The van der Waals surface area contributed by atoms with Crippen molar-refractivity contribution in [3.8, 4) is 11.5 Å². The molecule has 0 saturated heterocycles. The first-order valence-electron chi connectivity index (χ1n) is 8.38. The standard InChI is InChI=1S/C19H20N4O4S/c1-12-5-10-15(28(4,25)26)11-16(12)17(24)20-14-8-6-13(7-9-14)18-21-22-19(27-18)23(2)3/h5-11H,1-4H3,(H,20,24). The zero-order chi connectivity index (χ0) is 20.5. The fourth-order valence-electron chi connectivity index (χ4n) is 2.48. The Hall–Kier alpha value is -3.20. The molecular weight excluding hydrogens is 380 g/mol. The molecule has 0 aliphatic heterocycles. The smallest absolute Gasteiger partial charge is 0.317 e. The summed E-state index contributed by atoms with van der Waals surface area (Å²) in [7, 11) is 0.209. The number of rotatable bonds is 5. The summed E-state index contributed by atoms with van der Waals surface area (Å²) in [6.45, 7) is 1.75. The van der Waals surface area contributed by atoms with Crippen LogP contribution < -0.4 is 10.2 Å². The van der Waals surface area contributed by atoms with Gasteiger partial charge in [-0.05, 0) is 48.9 Å². The number of aromatic nitrogens is 2. The number of benzene rings is 2. The van der Waals surface area contributed by atoms with Gasteiger partial charge >= 0.3 is 6.01 Å². The summed E-state index contributed by atoms with van der Waals surface area (Å²) in [6.07, 6.45) is 1.11. The monoisotopic (exact) mass is 400 g/mol. The second-order valence-electron chi connectivity index (χ2n) is 6.56. The fraction of sp³-hybridized carbons (Fsp3) is 0.211. The van der Waals surface area contributed by atoms with Gasteiger partial charge in [-0.3, -0.25) is 4.79 Å². The maximum absolute atomic E-state index is 12.6. The van der Waals surface area contributed by atoms with Gasteiger partial charge in [0.2, 0.25) is 5.89 Å². The van der Waals surface area contributed by atoms with Crippen molar-refractivity contribution in [3.05, 3.63) is 53.6 Å². The van der Waals surface area contributed by atoms with Crippen LogP contribution in [0.2, 0.25) is 0 Å². The van der Waals surface area contributed by atoms with E-state index in [0.717, 1.165) is 6.26 Å². The molecule has 0 aliphatic carbocycles. The second-order valence-corrected chi connectivity index (χ2v) is 8.58. The number of carbonyl (C=O) groups is 1. The number of nitrogens with one attached hydrogen (secondary N) is 1. The average molecular weight is 400 g/mol. The molecule has 0 radical (unpaired) electrons. The van der Waals surface area contributed by atoms with E-state index in [1.54, 1.807) is 56.3 Å². The van der Waals surface area contributed by atoms with Crippen LogP contribution in [-0.4, -0.2) is 44.9 Å². The lowest BCUT2D eigenvalue weighted by Crippen LogP contribution is -2.14. The van der Waals surface area contributed by atoms with Gasteiger partial charge in [0, 0.05) is 37.2 Å². The third-order valence-corrected chi connectivity index (χ3v) is 5.18. The number of hydrogen-bond donors (Lipinski definition) is 1. The molecule has 146 valence electrons. The molecule has 0 aliphatic rings. The van der Waals surface area contributed by atoms with E-state index >= 15 is 0 Å². The molecule has 0 saturated carbocycles. The number of aryl methyl sites for hydroxylation is 1. The Morgan fingerprint density at radius 2 is 1.75 bits per heavy atom. The first-order chi connectivity index (χ1) is 13.1. The summed E-state index contributed by atoms with van der Waals surface area (Å²) in [4.78, 5) is 14.4. The van der Waals surface area contributed by atoms with E-state index in [9.17, 15) is 13.2 Å². The normalized spacial score (nSPS) is 11.3. The molecule has 1 aromatic heterocycles. The van der Waals surface area contributed by atoms with Gasteiger partial charge in [-0.1, -0.05) is 11.2 Å². The van der Waals surface area contributed by atoms with Crippen LogP contribution >= 0.6 is 0 Å². The van der Waals surface area contributed by atoms with E-state index in [-0.39, 0.29) is 10.8 Å². The van der Waals surface area contributed by atoms with Crippen LogP contribution in [0, 0.1) is 6.92 Å². The molecule has 28 heavy (non-hydrogen) atoms. The number of carbonyl (C=O) groups excluding carboxylic acids is 1. The van der Waals surface area contributed by atoms with Crippen LogP contribution in [0.1, 0.15) is 15.9 Å². The SMILES string of the molecule is Cc1ccc(S(C)(=O)=O)cc1C(=O)Nc1ccc(-c2nnc(N(C)C)o2)cc1. The fourth-order valence-corrected chi connectivity index (χ4v) is 3.13. The highest BCUT2D eigenvalue weighted by Crippen LogP contribution is 2.23. The molecule has 0 spiro atoms. The summed E-state index contributed by atoms with van der Waals surface area (Å²) in [5.74, 6) is -0.0123. The molecule has 0 unspecified atom stereocenters. The van der Waals surface area contributed by atoms with E-state index in [0.29, 0.717) is 34.3 Å². The molecule has 2 aromatic carbocycles. The average Bonchev–Trinajstić information content (AvgIpc) is 3.12. The van der Waals surface area contributed by atoms with E-state index in [2.05, 4.69) is 15.5 Å². The van der Waals surface area contributed by atoms with Crippen molar-refractivity contribution in [2.24, 2.45) is 0 Å². The highest BCUT2D eigenvalue weighted by atomic mass is 32.2. The minimum atomic E-state index is -3.40. The summed E-state index contributed by atoms with van der Waals surface area (Å²) in [5, 5.41) is 10.7. The Balaban J connectivity index is 1.79. The van der Waals surface area contributed by atoms with Crippen molar-refractivity contribution >= 4 is 27.4 Å². The Morgan fingerprint density at radius 1 is 1.07 bits per heavy atom. The largest absolute Gasteiger partial charge is 0.403 e. The van der Waals surface area contributed by atoms with Gasteiger partial charge < -0.3 is 14.6 Å². The van der Waals surface area contributed by atoms with Crippen molar-refractivity contribution in [2.75, 3.05) is 30.6 Å². The van der Waals surface area contributed by atoms with Crippen molar-refractivity contribution in [1.29, 1.82) is 0 Å². The second kappa shape index (κ2) is 7.43. The van der Waals surface area contributed by atoms with Gasteiger partial charge in [0.05, 0.1) is 4.90 Å². The third kappa shape index (κ3) is 4.20. The number of sulfone groups is 1. The predicted molar refractivity (Wildman–Crippen MR) is 106 cm³/mol. The molecule has 8 nitrogen and oxygen atoms in total. The van der Waals surface area contributed by atoms with Crippen LogP contribution in [0.3, 0.4) is 0 Å². The zero-order valence-electron chi connectivity index (χ0n) is 15.9. The van der Waals surface area contributed by atoms with Gasteiger partial charge in [-0.2, -0.15) is 0 Å². The van der Waals surface area contributed by atoms with Crippen LogP contribution in [0.15, 0.2) is 51.8 Å². The van der Waals surface area contributed by atoms with E-state index in [4.69, 9.17) is 4.42 Å². The number of anilines is 2. The van der Waals surface area contributed by atoms with Gasteiger partial charge in [-0.15, -0.1) is 5.10 Å². The van der Waals surface area contributed by atoms with Crippen molar-refractivity contribution < 1.29 is 17.6 Å². The molecule has 1 amide bonds. The number of hydrogen-bond acceptors (Lipinski definition) is 7. The molecule has 3 rings (SSSR count). The quantitative estimate of drug-likeness (QED) is 0.702. The van der Waals surface area contributed by atoms with E-state index < -0.39 is 9.84 Å². The van der Waals surface area contributed by atoms with Crippen molar-refractivity contribution in [1.82, 2.24) is 10.2 Å². The summed E-state index contributed by atoms with van der Waals surface area (Å²) in [5.41, 5.74) is 2.27. The van der Waals surface area contributed by atoms with Crippen molar-refractivity contribution in [2.45, 2.75) is 11.8 Å². The molecule has 1 heterocycles. The molecule has 3 aromatic rings. The lowest BCUT2D eigenvalue weighted by molar-refractivity contribution is 0.102. The zero-order valence-corrected chi connectivity index (χ0v) is 16.7. The summed E-state index contributed by atoms with van der Waals surface area (Å²) < 4.78 is 29.0. The number of nitrogens with zero attached hydrogens (tertiary/aromatic N) is 3. The van der Waals surface area contributed by atoms with Gasteiger partial charge in [0.15, 0.2) is 9.84 Å². The highest BCUT2D eigenvalue weighted by Gasteiger charge is 2.15. The summed E-state index contributed by atoms with van der Waals surface area (Å²) in [6, 6.07) is 11.8. The Labute approximate surface area is 163 Å². The van der Waals surface area contributed by atoms with Crippen LogP contribution in [0.4, 0.5) is 11.7 Å². The molecule has 9 heteroatoms. The Bertz CT molecular complexity index is 1120. The van der Waals surface area contributed by atoms with Crippen LogP contribution in [0.5, 0.6) is 0 Å². The minimum absolute atomic E-state index is 0.103. The van der Waals surface area contributed by atoms with E-state index in [1.165, 1.54) is 12.1 Å². The van der Waals surface area contributed by atoms with Crippen LogP contribution in [-0.2, 0) is 9.84 Å². The molecular formula is C19H20N4O4S. The molecule has 0 atom stereocenters. The third-order valence-electron chi connectivity index (χ3n) is 4.07. The van der Waals surface area contributed by atoms with Gasteiger partial charge in [-0.25, -0.2) is 8.42 Å². The molecule has 0 bridgehead atoms. The van der Waals surface area contributed by atoms with Crippen molar-refractivity contribution in [3.63, 3.8) is 0 Å². The number of amides is 1. The lowest BCUT2D eigenvalue weighted by atomic mass is 10.1. The first-order valence-corrected chi connectivity index (χ1v) is 10.3. The maximum Gasteiger partial charge on any atom is 0.317 e. The molecule has 0 fully saturated rings. The Kier molecular flexibility index (Phi) is 5.19. The topological polar surface area (TPSA) is 105 Å². The van der Waals surface area contributed by atoms with Crippen LogP contribution in [0.25, 0.3) is 11.5 Å². The molecule has 1 N–H and O–H groups in total. The highest BCUT2D eigenvalue weighted by molar-refractivity contribution is 7.90. The Morgan fingerprint density at radius 3 is 2.32 bits per heavy atom. The maximum atomic E-state index is 12.6. The van der Waals surface area contributed by atoms with Gasteiger partial charge in [0.25, 0.3) is 5.91 Å². The first kappa shape index (κ1) is 19.6.